The molecule has 2 unspecified atom stereocenters. The number of aliphatic imine (C=N–C) groups is 1. The van der Waals surface area contributed by atoms with Crippen LogP contribution in [0, 0.1) is 11.6 Å². The summed E-state index contributed by atoms with van der Waals surface area (Å²) < 4.78 is 38.7. The summed E-state index contributed by atoms with van der Waals surface area (Å²) in [6.45, 7) is 4.84. The number of halogens is 2. The van der Waals surface area contributed by atoms with Crippen LogP contribution >= 0.6 is 0 Å². The summed E-state index contributed by atoms with van der Waals surface area (Å²) in [5.41, 5.74) is 1.66. The Labute approximate surface area is 161 Å². The molecule has 2 rings (SSSR count). The van der Waals surface area contributed by atoms with Gasteiger partial charge in [0, 0.05) is 28.9 Å². The second kappa shape index (κ2) is 10.8. The highest BCUT2D eigenvalue weighted by Gasteiger charge is 2.11. The SMILES string of the molecule is CCNC(=NCCS(=O)Cc1ccccc1)NC(C)c1ccc(F)c(F)c1. The van der Waals surface area contributed by atoms with E-state index in [0.717, 1.165) is 11.6 Å². The van der Waals surface area contributed by atoms with Crippen molar-refractivity contribution in [1.82, 2.24) is 10.6 Å². The number of guanidine groups is 1. The third-order valence-corrected chi connectivity index (χ3v) is 5.19. The Hall–Kier alpha value is -2.28. The summed E-state index contributed by atoms with van der Waals surface area (Å²) in [4.78, 5) is 4.43. The molecule has 0 amide bonds. The van der Waals surface area contributed by atoms with Crippen molar-refractivity contribution in [2.45, 2.75) is 25.6 Å². The maximum atomic E-state index is 13.4. The summed E-state index contributed by atoms with van der Waals surface area (Å²) in [5.74, 6) is -0.241. The van der Waals surface area contributed by atoms with Gasteiger partial charge in [0.25, 0.3) is 0 Å². The van der Waals surface area contributed by atoms with E-state index in [1.165, 1.54) is 12.1 Å². The molecule has 0 bridgehead atoms. The van der Waals surface area contributed by atoms with Gasteiger partial charge in [-0.25, -0.2) is 8.78 Å². The molecule has 0 aliphatic heterocycles. The highest BCUT2D eigenvalue weighted by Crippen LogP contribution is 2.15. The van der Waals surface area contributed by atoms with Gasteiger partial charge in [-0.05, 0) is 37.1 Å². The van der Waals surface area contributed by atoms with Crippen molar-refractivity contribution in [3.8, 4) is 0 Å². The largest absolute Gasteiger partial charge is 0.357 e. The fraction of sp³-hybridized carbons (Fsp3) is 0.350. The Morgan fingerprint density at radius 1 is 1.15 bits per heavy atom. The minimum absolute atomic E-state index is 0.257. The highest BCUT2D eigenvalue weighted by atomic mass is 32.2. The Balaban J connectivity index is 1.91. The van der Waals surface area contributed by atoms with Gasteiger partial charge in [0.05, 0.1) is 12.6 Å². The Kier molecular flexibility index (Phi) is 8.39. The number of benzene rings is 2. The number of hydrogen-bond donors (Lipinski definition) is 2. The zero-order valence-electron chi connectivity index (χ0n) is 15.5. The standard InChI is InChI=1S/C20H25F2N3OS/c1-3-23-20(25-15(2)17-9-10-18(21)19(22)13-17)24-11-12-27(26)14-16-7-5-4-6-8-16/h4-10,13,15H,3,11-12,14H2,1-2H3,(H2,23,24,25). The molecule has 2 atom stereocenters. The molecule has 0 spiro atoms. The average Bonchev–Trinajstić information content (AvgIpc) is 2.65. The first-order valence-corrected chi connectivity index (χ1v) is 10.4. The van der Waals surface area contributed by atoms with Gasteiger partial charge in [0.1, 0.15) is 0 Å². The fourth-order valence-corrected chi connectivity index (χ4v) is 3.49. The van der Waals surface area contributed by atoms with Crippen LogP contribution in [0.4, 0.5) is 8.78 Å². The van der Waals surface area contributed by atoms with Crippen LogP contribution in [-0.4, -0.2) is 29.0 Å². The van der Waals surface area contributed by atoms with E-state index >= 15 is 0 Å². The summed E-state index contributed by atoms with van der Waals surface area (Å²) in [6, 6.07) is 13.3. The molecular formula is C20H25F2N3OS. The Morgan fingerprint density at radius 2 is 1.89 bits per heavy atom. The topological polar surface area (TPSA) is 53.5 Å². The molecule has 0 saturated heterocycles. The van der Waals surface area contributed by atoms with Gasteiger partial charge in [-0.3, -0.25) is 9.20 Å². The van der Waals surface area contributed by atoms with Crippen LogP contribution in [0.2, 0.25) is 0 Å². The van der Waals surface area contributed by atoms with Crippen molar-refractivity contribution in [1.29, 1.82) is 0 Å². The summed E-state index contributed by atoms with van der Waals surface area (Å²) >= 11 is 0. The maximum absolute atomic E-state index is 13.4. The lowest BCUT2D eigenvalue weighted by atomic mass is 10.1. The Bertz CT molecular complexity index is 784. The van der Waals surface area contributed by atoms with E-state index in [2.05, 4.69) is 15.6 Å². The number of rotatable bonds is 8. The minimum Gasteiger partial charge on any atom is -0.357 e. The maximum Gasteiger partial charge on any atom is 0.191 e. The summed E-state index contributed by atoms with van der Waals surface area (Å²) in [7, 11) is -1.000. The highest BCUT2D eigenvalue weighted by molar-refractivity contribution is 7.84. The van der Waals surface area contributed by atoms with Crippen molar-refractivity contribution in [2.75, 3.05) is 18.8 Å². The second-order valence-electron chi connectivity index (χ2n) is 6.07. The van der Waals surface area contributed by atoms with Gasteiger partial charge >= 0.3 is 0 Å². The van der Waals surface area contributed by atoms with Crippen LogP contribution in [0.3, 0.4) is 0 Å². The molecular weight excluding hydrogens is 368 g/mol. The molecule has 0 heterocycles. The molecule has 2 N–H and O–H groups in total. The van der Waals surface area contributed by atoms with Crippen molar-refractivity contribution in [3.63, 3.8) is 0 Å². The molecule has 7 heteroatoms. The van der Waals surface area contributed by atoms with E-state index in [0.29, 0.717) is 36.1 Å². The molecule has 2 aromatic carbocycles. The first kappa shape index (κ1) is 21.0. The van der Waals surface area contributed by atoms with Crippen LogP contribution in [-0.2, 0) is 16.6 Å². The third kappa shape index (κ3) is 7.09. The molecule has 4 nitrogen and oxygen atoms in total. The summed E-state index contributed by atoms with van der Waals surface area (Å²) in [6.07, 6.45) is 0. The number of nitrogens with one attached hydrogen (secondary N) is 2. The minimum atomic E-state index is -1.000. The van der Waals surface area contributed by atoms with Crippen molar-refractivity contribution in [2.24, 2.45) is 4.99 Å². The Morgan fingerprint density at radius 3 is 2.56 bits per heavy atom. The lowest BCUT2D eigenvalue weighted by molar-refractivity contribution is 0.504. The third-order valence-electron chi connectivity index (χ3n) is 3.90. The molecule has 0 radical (unpaired) electrons. The van der Waals surface area contributed by atoms with Crippen LogP contribution in [0.1, 0.15) is 31.0 Å². The zero-order valence-corrected chi connectivity index (χ0v) is 16.4. The lowest BCUT2D eigenvalue weighted by Gasteiger charge is -2.18. The molecule has 2 aromatic rings. The van der Waals surface area contributed by atoms with Crippen LogP contribution in [0.15, 0.2) is 53.5 Å². The molecule has 0 aliphatic rings. The first-order valence-electron chi connectivity index (χ1n) is 8.88. The van der Waals surface area contributed by atoms with E-state index < -0.39 is 22.4 Å². The van der Waals surface area contributed by atoms with E-state index in [-0.39, 0.29) is 6.04 Å². The molecule has 0 fully saturated rings. The molecule has 0 aromatic heterocycles. The zero-order chi connectivity index (χ0) is 19.6. The quantitative estimate of drug-likeness (QED) is 0.533. The molecule has 0 aliphatic carbocycles. The fourth-order valence-electron chi connectivity index (χ4n) is 2.48. The van der Waals surface area contributed by atoms with E-state index in [1.807, 2.05) is 44.2 Å². The van der Waals surface area contributed by atoms with Crippen LogP contribution in [0.5, 0.6) is 0 Å². The molecule has 27 heavy (non-hydrogen) atoms. The van der Waals surface area contributed by atoms with Gasteiger partial charge < -0.3 is 10.6 Å². The predicted octanol–water partition coefficient (Wildman–Crippen LogP) is 3.53. The van der Waals surface area contributed by atoms with Crippen molar-refractivity contribution in [3.05, 3.63) is 71.3 Å². The van der Waals surface area contributed by atoms with Gasteiger partial charge in [-0.2, -0.15) is 0 Å². The predicted molar refractivity (Wildman–Crippen MR) is 107 cm³/mol. The van der Waals surface area contributed by atoms with E-state index in [1.54, 1.807) is 0 Å². The lowest BCUT2D eigenvalue weighted by Crippen LogP contribution is -2.39. The molecule has 0 saturated carbocycles. The second-order valence-corrected chi connectivity index (χ2v) is 7.65. The normalized spacial score (nSPS) is 13.9. The average molecular weight is 394 g/mol. The smallest absolute Gasteiger partial charge is 0.191 e. The molecule has 146 valence electrons. The van der Waals surface area contributed by atoms with E-state index in [4.69, 9.17) is 0 Å². The van der Waals surface area contributed by atoms with Gasteiger partial charge in [0.15, 0.2) is 17.6 Å². The number of hydrogen-bond acceptors (Lipinski definition) is 2. The monoisotopic (exact) mass is 393 g/mol. The van der Waals surface area contributed by atoms with E-state index in [9.17, 15) is 13.0 Å². The van der Waals surface area contributed by atoms with Crippen LogP contribution in [0.25, 0.3) is 0 Å². The number of nitrogens with zero attached hydrogens (tertiary/aromatic N) is 1. The van der Waals surface area contributed by atoms with Crippen LogP contribution < -0.4 is 10.6 Å². The van der Waals surface area contributed by atoms with Crippen molar-refractivity contribution >= 4 is 16.8 Å². The summed E-state index contributed by atoms with van der Waals surface area (Å²) in [5, 5.41) is 6.26. The van der Waals surface area contributed by atoms with Crippen molar-refractivity contribution < 1.29 is 13.0 Å². The van der Waals surface area contributed by atoms with Gasteiger partial charge in [-0.15, -0.1) is 0 Å². The van der Waals surface area contributed by atoms with Gasteiger partial charge in [0.2, 0.25) is 0 Å². The van der Waals surface area contributed by atoms with Gasteiger partial charge in [-0.1, -0.05) is 36.4 Å². The first-order chi connectivity index (χ1) is 13.0.